The molecule has 9 nitrogen and oxygen atoms in total. The minimum absolute atomic E-state index is 0.0472. The van der Waals surface area contributed by atoms with Crippen molar-refractivity contribution in [3.05, 3.63) is 65.2 Å². The van der Waals surface area contributed by atoms with Crippen LogP contribution in [-0.2, 0) is 6.54 Å². The quantitative estimate of drug-likeness (QED) is 0.492. The lowest BCUT2D eigenvalue weighted by Gasteiger charge is -2.30. The molecular weight excluding hydrogens is 444 g/mol. The maximum absolute atomic E-state index is 14.7. The van der Waals surface area contributed by atoms with Gasteiger partial charge >= 0.3 is 6.03 Å². The van der Waals surface area contributed by atoms with Crippen LogP contribution in [0.25, 0.3) is 11.3 Å². The Balaban J connectivity index is 1.88. The second-order valence-corrected chi connectivity index (χ2v) is 7.93. The molecule has 0 atom stereocenters. The predicted molar refractivity (Wildman–Crippen MR) is 124 cm³/mol. The SMILES string of the molecule is CN(C)CCNc1nc(-c2ccc(C(N)=O)cc2)c2c(n1)N(c1c(F)cccc1F)C(=O)NC2. The number of aromatic nitrogens is 2. The van der Waals surface area contributed by atoms with E-state index in [1.165, 1.54) is 6.07 Å². The molecule has 0 unspecified atom stereocenters. The van der Waals surface area contributed by atoms with Gasteiger partial charge in [0.15, 0.2) is 5.82 Å². The summed E-state index contributed by atoms with van der Waals surface area (Å²) in [4.78, 5) is 36.1. The van der Waals surface area contributed by atoms with Crippen LogP contribution >= 0.6 is 0 Å². The highest BCUT2D eigenvalue weighted by Gasteiger charge is 2.34. The molecular formula is C23H23F2N7O2. The van der Waals surface area contributed by atoms with Crippen molar-refractivity contribution < 1.29 is 18.4 Å². The lowest BCUT2D eigenvalue weighted by molar-refractivity contribution is 0.1000. The third kappa shape index (κ3) is 4.50. The number of fused-ring (bicyclic) bond motifs is 1. The summed E-state index contributed by atoms with van der Waals surface area (Å²) in [5.74, 6) is -2.14. The number of anilines is 3. The van der Waals surface area contributed by atoms with E-state index in [0.717, 1.165) is 17.0 Å². The van der Waals surface area contributed by atoms with Gasteiger partial charge in [-0.25, -0.2) is 23.5 Å². The van der Waals surface area contributed by atoms with Gasteiger partial charge in [0.1, 0.15) is 17.3 Å². The molecule has 1 aliphatic heterocycles. The number of halogens is 2. The first-order valence-corrected chi connectivity index (χ1v) is 10.5. The van der Waals surface area contributed by atoms with Crippen LogP contribution < -0.4 is 21.3 Å². The lowest BCUT2D eigenvalue weighted by atomic mass is 10.0. The number of urea groups is 1. The molecule has 0 saturated heterocycles. The second-order valence-electron chi connectivity index (χ2n) is 7.93. The summed E-state index contributed by atoms with van der Waals surface area (Å²) >= 11 is 0. The zero-order valence-corrected chi connectivity index (χ0v) is 18.6. The number of likely N-dealkylation sites (N-methyl/N-ethyl adjacent to an activating group) is 1. The number of benzene rings is 2. The summed E-state index contributed by atoms with van der Waals surface area (Å²) < 4.78 is 29.3. The first-order chi connectivity index (χ1) is 16.3. The predicted octanol–water partition coefficient (Wildman–Crippen LogP) is 2.86. The first-order valence-electron chi connectivity index (χ1n) is 10.5. The van der Waals surface area contributed by atoms with Crippen molar-refractivity contribution in [2.45, 2.75) is 6.54 Å². The Kier molecular flexibility index (Phi) is 6.37. The molecule has 1 aromatic heterocycles. The number of carbonyl (C=O) groups excluding carboxylic acids is 2. The molecule has 4 N–H and O–H groups in total. The fourth-order valence-corrected chi connectivity index (χ4v) is 3.57. The van der Waals surface area contributed by atoms with Gasteiger partial charge in [-0.3, -0.25) is 4.79 Å². The van der Waals surface area contributed by atoms with Gasteiger partial charge in [0.25, 0.3) is 0 Å². The minimum atomic E-state index is -0.906. The summed E-state index contributed by atoms with van der Waals surface area (Å²) in [6, 6.07) is 9.08. The number of carbonyl (C=O) groups is 2. The van der Waals surface area contributed by atoms with Crippen LogP contribution in [-0.4, -0.2) is 54.0 Å². The number of nitrogens with zero attached hydrogens (tertiary/aromatic N) is 4. The Morgan fingerprint density at radius 3 is 2.44 bits per heavy atom. The van der Waals surface area contributed by atoms with Crippen LogP contribution in [0.5, 0.6) is 0 Å². The highest BCUT2D eigenvalue weighted by atomic mass is 19.1. The van der Waals surface area contributed by atoms with Gasteiger partial charge in [-0.2, -0.15) is 4.98 Å². The van der Waals surface area contributed by atoms with Crippen molar-refractivity contribution in [1.29, 1.82) is 0 Å². The van der Waals surface area contributed by atoms with Gasteiger partial charge in [0, 0.05) is 29.8 Å². The summed E-state index contributed by atoms with van der Waals surface area (Å²) in [6.45, 7) is 1.22. The monoisotopic (exact) mass is 467 g/mol. The van der Waals surface area contributed by atoms with Crippen LogP contribution in [0.2, 0.25) is 0 Å². The van der Waals surface area contributed by atoms with E-state index in [0.29, 0.717) is 35.5 Å². The normalized spacial score (nSPS) is 13.0. The average molecular weight is 467 g/mol. The molecule has 3 amide bonds. The van der Waals surface area contributed by atoms with Gasteiger partial charge < -0.3 is 21.3 Å². The van der Waals surface area contributed by atoms with Crippen molar-refractivity contribution in [3.63, 3.8) is 0 Å². The van der Waals surface area contributed by atoms with Crippen molar-refractivity contribution in [1.82, 2.24) is 20.2 Å². The zero-order valence-electron chi connectivity index (χ0n) is 18.6. The Morgan fingerprint density at radius 2 is 1.82 bits per heavy atom. The molecule has 2 aromatic carbocycles. The number of nitrogens with one attached hydrogen (secondary N) is 2. The summed E-state index contributed by atoms with van der Waals surface area (Å²) in [6.07, 6.45) is 0. The van der Waals surface area contributed by atoms with E-state index in [1.807, 2.05) is 19.0 Å². The van der Waals surface area contributed by atoms with E-state index in [1.54, 1.807) is 24.3 Å². The molecule has 176 valence electrons. The molecule has 2 heterocycles. The Bertz CT molecular complexity index is 1230. The maximum atomic E-state index is 14.7. The fraction of sp³-hybridized carbons (Fsp3) is 0.217. The number of para-hydroxylation sites is 1. The molecule has 0 aliphatic carbocycles. The largest absolute Gasteiger partial charge is 0.366 e. The highest BCUT2D eigenvalue weighted by Crippen LogP contribution is 2.38. The lowest BCUT2D eigenvalue weighted by Crippen LogP contribution is -2.43. The van der Waals surface area contributed by atoms with Gasteiger partial charge in [-0.05, 0) is 38.4 Å². The van der Waals surface area contributed by atoms with Crippen LogP contribution in [0.3, 0.4) is 0 Å². The number of hydrogen-bond acceptors (Lipinski definition) is 6. The van der Waals surface area contributed by atoms with Crippen molar-refractivity contribution in [2.75, 3.05) is 37.4 Å². The van der Waals surface area contributed by atoms with Gasteiger partial charge in [0.2, 0.25) is 11.9 Å². The van der Waals surface area contributed by atoms with E-state index in [4.69, 9.17) is 5.73 Å². The van der Waals surface area contributed by atoms with Crippen molar-refractivity contribution in [3.8, 4) is 11.3 Å². The minimum Gasteiger partial charge on any atom is -0.366 e. The number of amides is 3. The topological polar surface area (TPSA) is 116 Å². The molecule has 0 bridgehead atoms. The van der Waals surface area contributed by atoms with Gasteiger partial charge in [-0.1, -0.05) is 18.2 Å². The van der Waals surface area contributed by atoms with E-state index in [2.05, 4.69) is 20.6 Å². The second kappa shape index (κ2) is 9.40. The highest BCUT2D eigenvalue weighted by molar-refractivity contribution is 6.02. The van der Waals surface area contributed by atoms with Crippen molar-refractivity contribution >= 4 is 29.4 Å². The molecule has 34 heavy (non-hydrogen) atoms. The zero-order chi connectivity index (χ0) is 24.4. The molecule has 0 spiro atoms. The first kappa shape index (κ1) is 23.1. The number of rotatable bonds is 7. The maximum Gasteiger partial charge on any atom is 0.328 e. The van der Waals surface area contributed by atoms with Crippen molar-refractivity contribution in [2.24, 2.45) is 5.73 Å². The molecule has 1 aliphatic rings. The standard InChI is InChI=1S/C23H23F2N7O2/c1-31(2)11-10-27-22-29-18(13-6-8-14(9-7-13)20(26)33)15-12-28-23(34)32(21(15)30-22)19-16(24)4-3-5-17(19)25/h3-9H,10-12H2,1-2H3,(H2,26,33)(H,28,34)(H,27,29,30). The summed E-state index contributed by atoms with van der Waals surface area (Å²) in [5, 5.41) is 5.73. The van der Waals surface area contributed by atoms with E-state index >= 15 is 0 Å². The molecule has 0 saturated carbocycles. The Hall–Kier alpha value is -4.12. The molecule has 3 aromatic rings. The smallest absolute Gasteiger partial charge is 0.328 e. The Morgan fingerprint density at radius 1 is 1.15 bits per heavy atom. The van der Waals surface area contributed by atoms with Gasteiger partial charge in [0.05, 0.1) is 12.2 Å². The molecule has 4 rings (SSSR count). The number of primary amides is 1. The summed E-state index contributed by atoms with van der Waals surface area (Å²) in [7, 11) is 3.82. The molecule has 11 heteroatoms. The summed E-state index contributed by atoms with van der Waals surface area (Å²) in [5.41, 5.74) is 6.64. The fourth-order valence-electron chi connectivity index (χ4n) is 3.57. The van der Waals surface area contributed by atoms with E-state index < -0.39 is 29.3 Å². The van der Waals surface area contributed by atoms with Crippen LogP contribution in [0.4, 0.5) is 31.0 Å². The third-order valence-corrected chi connectivity index (χ3v) is 5.26. The van der Waals surface area contributed by atoms with E-state index in [-0.39, 0.29) is 18.3 Å². The van der Waals surface area contributed by atoms with E-state index in [9.17, 15) is 18.4 Å². The molecule has 0 fully saturated rings. The number of hydrogen-bond donors (Lipinski definition) is 3. The molecule has 0 radical (unpaired) electrons. The third-order valence-electron chi connectivity index (χ3n) is 5.26. The van der Waals surface area contributed by atoms with Crippen LogP contribution in [0.1, 0.15) is 15.9 Å². The Labute approximate surface area is 194 Å². The van der Waals surface area contributed by atoms with Gasteiger partial charge in [-0.15, -0.1) is 0 Å². The van der Waals surface area contributed by atoms with Crippen LogP contribution in [0, 0.1) is 11.6 Å². The average Bonchev–Trinajstić information content (AvgIpc) is 2.79. The number of nitrogens with two attached hydrogens (primary N) is 1. The van der Waals surface area contributed by atoms with Crippen LogP contribution in [0.15, 0.2) is 42.5 Å².